The first kappa shape index (κ1) is 33.0. The average Bonchev–Trinajstić information content (AvgIpc) is 3.45. The van der Waals surface area contributed by atoms with Crippen molar-refractivity contribution in [2.45, 2.75) is 58.3 Å². The summed E-state index contributed by atoms with van der Waals surface area (Å²) in [7, 11) is 4.07. The van der Waals surface area contributed by atoms with Crippen molar-refractivity contribution in [1.82, 2.24) is 19.1 Å². The highest BCUT2D eigenvalue weighted by Crippen LogP contribution is 2.23. The van der Waals surface area contributed by atoms with E-state index in [0.717, 1.165) is 66.2 Å². The summed E-state index contributed by atoms with van der Waals surface area (Å²) in [5.41, 5.74) is 6.68. The van der Waals surface area contributed by atoms with Crippen LogP contribution in [0, 0.1) is 0 Å². The van der Waals surface area contributed by atoms with Gasteiger partial charge >= 0.3 is 5.97 Å². The lowest BCUT2D eigenvalue weighted by atomic mass is 10.1. The van der Waals surface area contributed by atoms with Gasteiger partial charge in [0.25, 0.3) is 0 Å². The van der Waals surface area contributed by atoms with Crippen molar-refractivity contribution in [3.05, 3.63) is 53.6 Å². The molecule has 7 nitrogen and oxygen atoms in total. The van der Waals surface area contributed by atoms with Crippen LogP contribution in [0.1, 0.15) is 56.2 Å². The molecule has 0 saturated carbocycles. The van der Waals surface area contributed by atoms with Crippen LogP contribution >= 0.6 is 34.8 Å². The van der Waals surface area contributed by atoms with Crippen molar-refractivity contribution >= 4 is 68.5 Å². The van der Waals surface area contributed by atoms with Crippen LogP contribution in [0.2, 0.25) is 0 Å². The number of carboxylic acid groups (broad SMARTS) is 1. The Hall–Kier alpha value is -2.48. The molecule has 0 spiro atoms. The maximum Gasteiger partial charge on any atom is 0.303 e. The maximum absolute atomic E-state index is 10.6. The van der Waals surface area contributed by atoms with Crippen LogP contribution in [0.4, 0.5) is 5.69 Å². The number of carbonyl (C=O) groups is 1. The Labute approximate surface area is 258 Å². The zero-order valence-electron chi connectivity index (χ0n) is 24.4. The summed E-state index contributed by atoms with van der Waals surface area (Å²) in [5, 5.41) is 8.68. The van der Waals surface area contributed by atoms with Crippen LogP contribution in [0.25, 0.3) is 22.1 Å². The summed E-state index contributed by atoms with van der Waals surface area (Å²) < 4.78 is 4.24. The molecule has 2 heterocycles. The predicted octanol–water partition coefficient (Wildman–Crippen LogP) is 7.35. The highest BCUT2D eigenvalue weighted by atomic mass is 35.5. The van der Waals surface area contributed by atoms with Crippen molar-refractivity contribution in [1.29, 1.82) is 0 Å². The van der Waals surface area contributed by atoms with Gasteiger partial charge in [-0.3, -0.25) is 4.79 Å². The molecule has 0 unspecified atom stereocenters. The van der Waals surface area contributed by atoms with Crippen molar-refractivity contribution in [3.63, 3.8) is 0 Å². The second kappa shape index (κ2) is 16.8. The zero-order chi connectivity index (χ0) is 29.8. The fourth-order valence-corrected chi connectivity index (χ4v) is 5.45. The molecular weight excluding hydrogens is 581 g/mol. The van der Waals surface area contributed by atoms with Gasteiger partial charge in [-0.1, -0.05) is 19.4 Å². The lowest BCUT2D eigenvalue weighted by molar-refractivity contribution is -0.137. The summed E-state index contributed by atoms with van der Waals surface area (Å²) in [4.78, 5) is 22.2. The lowest BCUT2D eigenvalue weighted by Gasteiger charge is -2.22. The number of benzene rings is 2. The Morgan fingerprint density at radius 1 is 0.805 bits per heavy atom. The van der Waals surface area contributed by atoms with Gasteiger partial charge in [-0.05, 0) is 61.6 Å². The molecule has 0 amide bonds. The van der Waals surface area contributed by atoms with Crippen molar-refractivity contribution in [2.24, 2.45) is 14.1 Å². The molecule has 10 heteroatoms. The monoisotopic (exact) mass is 621 g/mol. The number of aromatic nitrogens is 4. The molecule has 0 aliphatic heterocycles. The van der Waals surface area contributed by atoms with Crippen LogP contribution < -0.4 is 4.90 Å². The molecule has 0 aliphatic rings. The summed E-state index contributed by atoms with van der Waals surface area (Å²) in [6.45, 7) is 3.81. The van der Waals surface area contributed by atoms with E-state index in [0.29, 0.717) is 30.5 Å². The van der Waals surface area contributed by atoms with E-state index in [1.165, 1.54) is 23.9 Å². The number of hydrogen-bond donors (Lipinski definition) is 1. The van der Waals surface area contributed by atoms with E-state index in [1.54, 1.807) is 0 Å². The number of fused-ring (bicyclic) bond motifs is 2. The van der Waals surface area contributed by atoms with Crippen LogP contribution in [0.5, 0.6) is 0 Å². The van der Waals surface area contributed by atoms with Crippen LogP contribution in [0.3, 0.4) is 0 Å². The topological polar surface area (TPSA) is 76.2 Å². The molecule has 2 aromatic heterocycles. The summed E-state index contributed by atoms with van der Waals surface area (Å²) in [5.74, 6) is 3.20. The fraction of sp³-hybridized carbons (Fsp3) is 0.516. The van der Waals surface area contributed by atoms with Gasteiger partial charge in [0.2, 0.25) is 0 Å². The second-order valence-electron chi connectivity index (χ2n) is 10.2. The Bertz CT molecular complexity index is 1400. The van der Waals surface area contributed by atoms with Crippen molar-refractivity contribution in [2.75, 3.05) is 35.6 Å². The number of rotatable bonds is 15. The van der Waals surface area contributed by atoms with E-state index >= 15 is 0 Å². The number of aliphatic carboxylic acids is 1. The summed E-state index contributed by atoms with van der Waals surface area (Å²) >= 11 is 17.5. The number of nitrogens with zero attached hydrogens (tertiary/aromatic N) is 5. The molecule has 0 fully saturated rings. The van der Waals surface area contributed by atoms with E-state index < -0.39 is 5.97 Å². The second-order valence-corrected chi connectivity index (χ2v) is 11.3. The molecule has 41 heavy (non-hydrogen) atoms. The predicted molar refractivity (Wildman–Crippen MR) is 173 cm³/mol. The van der Waals surface area contributed by atoms with Crippen molar-refractivity contribution in [3.8, 4) is 0 Å². The van der Waals surface area contributed by atoms with Gasteiger partial charge in [-0.25, -0.2) is 9.97 Å². The number of halogens is 3. The zero-order valence-corrected chi connectivity index (χ0v) is 26.6. The number of hydrogen-bond acceptors (Lipinski definition) is 4. The van der Waals surface area contributed by atoms with Gasteiger partial charge in [0.15, 0.2) is 0 Å². The molecular formula is C31H42Cl3N5O2. The fourth-order valence-electron chi connectivity index (χ4n) is 4.91. The molecule has 4 rings (SSSR count). The standard InChI is InChI=1S/C16H23Cl2N3.C15H19ClN2O2/c1-3-4-5-16-19-14-12-13(6-7-15(14)20(16)2)21(10-8-17)11-9-18;1-18-13-8-7-11(4-3-9-16)10-12(13)17-14(18)5-2-6-15(19)20/h6-7,12H,3-5,8-11H2,1-2H3;7-8,10H,2-6,9H2,1H3,(H,19,20). The molecule has 2 aromatic carbocycles. The third-order valence-electron chi connectivity index (χ3n) is 7.21. The Kier molecular flexibility index (Phi) is 13.6. The minimum absolute atomic E-state index is 0.185. The summed E-state index contributed by atoms with van der Waals surface area (Å²) in [6.07, 6.45) is 6.81. The molecule has 0 aliphatic carbocycles. The van der Waals surface area contributed by atoms with E-state index in [1.807, 2.05) is 11.6 Å². The summed E-state index contributed by atoms with van der Waals surface area (Å²) in [6, 6.07) is 12.7. The highest BCUT2D eigenvalue weighted by molar-refractivity contribution is 6.18. The average molecular weight is 623 g/mol. The maximum atomic E-state index is 10.6. The van der Waals surface area contributed by atoms with Gasteiger partial charge in [0.1, 0.15) is 11.6 Å². The number of imidazole rings is 2. The Morgan fingerprint density at radius 3 is 1.95 bits per heavy atom. The van der Waals surface area contributed by atoms with E-state index in [2.05, 4.69) is 64.8 Å². The quantitative estimate of drug-likeness (QED) is 0.140. The molecule has 4 aromatic rings. The molecule has 0 radical (unpaired) electrons. The Morgan fingerprint density at radius 2 is 1.39 bits per heavy atom. The van der Waals surface area contributed by atoms with E-state index in [-0.39, 0.29) is 6.42 Å². The number of carboxylic acids is 1. The van der Waals surface area contributed by atoms with Gasteiger partial charge in [0, 0.05) is 69.8 Å². The first-order valence-corrected chi connectivity index (χ1v) is 16.0. The third-order valence-corrected chi connectivity index (χ3v) is 7.82. The largest absolute Gasteiger partial charge is 0.481 e. The van der Waals surface area contributed by atoms with Gasteiger partial charge < -0.3 is 19.1 Å². The van der Waals surface area contributed by atoms with Gasteiger partial charge in [-0.2, -0.15) is 0 Å². The van der Waals surface area contributed by atoms with Gasteiger partial charge in [-0.15, -0.1) is 34.8 Å². The first-order chi connectivity index (χ1) is 19.8. The third kappa shape index (κ3) is 9.25. The van der Waals surface area contributed by atoms with Crippen LogP contribution in [-0.2, 0) is 38.2 Å². The smallest absolute Gasteiger partial charge is 0.303 e. The Balaban J connectivity index is 0.000000226. The molecule has 224 valence electrons. The van der Waals surface area contributed by atoms with E-state index in [9.17, 15) is 4.79 Å². The number of anilines is 1. The van der Waals surface area contributed by atoms with Crippen molar-refractivity contribution < 1.29 is 9.90 Å². The number of unbranched alkanes of at least 4 members (excludes halogenated alkanes) is 1. The molecule has 0 bridgehead atoms. The number of aryl methyl sites for hydroxylation is 5. The molecule has 0 saturated heterocycles. The molecule has 0 atom stereocenters. The lowest BCUT2D eigenvalue weighted by Crippen LogP contribution is -2.27. The minimum Gasteiger partial charge on any atom is -0.481 e. The SMILES string of the molecule is CCCCc1nc2cc(N(CCCl)CCCl)ccc2n1C.Cn1c(CCCC(=O)O)nc2cc(CCCCl)ccc21. The van der Waals surface area contributed by atoms with Crippen LogP contribution in [-0.4, -0.2) is 60.9 Å². The van der Waals surface area contributed by atoms with Gasteiger partial charge in [0.05, 0.1) is 22.1 Å². The van der Waals surface area contributed by atoms with E-state index in [4.69, 9.17) is 44.9 Å². The normalized spacial score (nSPS) is 11.2. The molecule has 1 N–H and O–H groups in total. The highest BCUT2D eigenvalue weighted by Gasteiger charge is 2.12. The van der Waals surface area contributed by atoms with Crippen LogP contribution in [0.15, 0.2) is 36.4 Å². The first-order valence-electron chi connectivity index (χ1n) is 14.4. The number of alkyl halides is 3. The minimum atomic E-state index is -0.757.